The fourth-order valence-corrected chi connectivity index (χ4v) is 2.78. The number of hydrogen-bond donors (Lipinski definition) is 1. The van der Waals surface area contributed by atoms with Gasteiger partial charge in [0.25, 0.3) is 0 Å². The van der Waals surface area contributed by atoms with E-state index in [1.807, 2.05) is 0 Å². The molecule has 0 saturated carbocycles. The maximum Gasteiger partial charge on any atom is 0.169 e. The van der Waals surface area contributed by atoms with Gasteiger partial charge in [-0.25, -0.2) is 13.3 Å². The molecule has 1 atom stereocenters. The molecule has 0 amide bonds. The molecule has 1 aromatic carbocycles. The van der Waals surface area contributed by atoms with Crippen LogP contribution < -0.4 is 4.72 Å². The summed E-state index contributed by atoms with van der Waals surface area (Å²) in [6.07, 6.45) is 0. The number of nitrogens with one attached hydrogen (secondary N) is 1. The average Bonchev–Trinajstić information content (AvgIpc) is 2.25. The van der Waals surface area contributed by atoms with Crippen molar-refractivity contribution in [2.45, 2.75) is 45.6 Å². The number of carbonyl (C=O) groups excluding carboxylic acids is 1. The highest BCUT2D eigenvalue weighted by molar-refractivity contribution is 7.83. The second-order valence-electron chi connectivity index (χ2n) is 5.88. The van der Waals surface area contributed by atoms with Gasteiger partial charge < -0.3 is 0 Å². The van der Waals surface area contributed by atoms with Gasteiger partial charge in [-0.3, -0.25) is 4.79 Å². The van der Waals surface area contributed by atoms with Crippen molar-refractivity contribution < 1.29 is 13.4 Å². The largest absolute Gasteiger partial charge is 0.294 e. The molecule has 0 heterocycles. The fourth-order valence-electron chi connectivity index (χ4n) is 1.53. The summed E-state index contributed by atoms with van der Waals surface area (Å²) in [4.78, 5) is 12.2. The topological polar surface area (TPSA) is 46.2 Å². The molecule has 0 aliphatic heterocycles. The summed E-state index contributed by atoms with van der Waals surface area (Å²) in [6, 6.07) is 2.24. The molecule has 0 aliphatic rings. The molecule has 0 aliphatic carbocycles. The van der Waals surface area contributed by atoms with E-state index in [0.29, 0.717) is 0 Å². The molecular weight excluding hydrogens is 301 g/mol. The van der Waals surface area contributed by atoms with Crippen LogP contribution in [0.25, 0.3) is 0 Å². The van der Waals surface area contributed by atoms with Crippen molar-refractivity contribution in [2.24, 2.45) is 5.41 Å². The van der Waals surface area contributed by atoms with E-state index >= 15 is 0 Å². The van der Waals surface area contributed by atoms with Gasteiger partial charge >= 0.3 is 0 Å². The van der Waals surface area contributed by atoms with E-state index in [4.69, 9.17) is 11.6 Å². The monoisotopic (exact) mass is 319 g/mol. The SMILES string of the molecule is CC(C)NS(=O)c1cc(C(=O)C(C)(C)C)c(Cl)cc1F. The zero-order chi connectivity index (χ0) is 15.7. The molecular formula is C14H19ClFNO2S. The maximum atomic E-state index is 13.9. The third-order valence-corrected chi connectivity index (χ3v) is 4.20. The number of hydrogen-bond acceptors (Lipinski definition) is 2. The second-order valence-corrected chi connectivity index (χ2v) is 7.50. The minimum absolute atomic E-state index is 0.0349. The lowest BCUT2D eigenvalue weighted by atomic mass is 9.86. The Balaban J connectivity index is 3.30. The van der Waals surface area contributed by atoms with Crippen molar-refractivity contribution in [2.75, 3.05) is 0 Å². The van der Waals surface area contributed by atoms with E-state index < -0.39 is 22.2 Å². The van der Waals surface area contributed by atoms with Crippen molar-refractivity contribution in [3.05, 3.63) is 28.5 Å². The number of halogens is 2. The highest BCUT2D eigenvalue weighted by atomic mass is 35.5. The van der Waals surface area contributed by atoms with Crippen molar-refractivity contribution in [3.63, 3.8) is 0 Å². The number of Topliss-reactive ketones (excluding diaryl/α,β-unsaturated/α-hetero) is 1. The van der Waals surface area contributed by atoms with Crippen LogP contribution in [0, 0.1) is 11.2 Å². The lowest BCUT2D eigenvalue weighted by molar-refractivity contribution is 0.0858. The Bertz CT molecular complexity index is 553. The summed E-state index contributed by atoms with van der Waals surface area (Å²) in [7, 11) is -1.72. The Morgan fingerprint density at radius 1 is 1.35 bits per heavy atom. The first-order valence-electron chi connectivity index (χ1n) is 6.26. The maximum absolute atomic E-state index is 13.9. The van der Waals surface area contributed by atoms with Gasteiger partial charge in [-0.15, -0.1) is 0 Å². The first-order valence-corrected chi connectivity index (χ1v) is 7.78. The molecule has 1 aromatic rings. The Morgan fingerprint density at radius 3 is 2.35 bits per heavy atom. The van der Waals surface area contributed by atoms with Crippen LogP contribution in [0.2, 0.25) is 5.02 Å². The number of ketones is 1. The predicted molar refractivity (Wildman–Crippen MR) is 79.9 cm³/mol. The fraction of sp³-hybridized carbons (Fsp3) is 0.500. The van der Waals surface area contributed by atoms with Crippen molar-refractivity contribution >= 4 is 28.4 Å². The Kier molecular flexibility index (Phi) is 5.46. The first kappa shape index (κ1) is 17.3. The van der Waals surface area contributed by atoms with Gasteiger partial charge in [-0.05, 0) is 26.0 Å². The zero-order valence-corrected chi connectivity index (χ0v) is 13.8. The second kappa shape index (κ2) is 6.33. The van der Waals surface area contributed by atoms with Crippen LogP contribution >= 0.6 is 11.6 Å². The van der Waals surface area contributed by atoms with Gasteiger partial charge in [-0.2, -0.15) is 0 Å². The number of benzene rings is 1. The molecule has 0 saturated heterocycles. The first-order chi connectivity index (χ1) is 9.04. The van der Waals surface area contributed by atoms with E-state index in [1.54, 1.807) is 34.6 Å². The van der Waals surface area contributed by atoms with E-state index in [-0.39, 0.29) is 27.3 Å². The molecule has 1 N–H and O–H groups in total. The summed E-state index contributed by atoms with van der Waals surface area (Å²) in [5.74, 6) is -0.905. The molecule has 20 heavy (non-hydrogen) atoms. The lowest BCUT2D eigenvalue weighted by Crippen LogP contribution is -2.26. The summed E-state index contributed by atoms with van der Waals surface area (Å²) in [5.41, 5.74) is -0.458. The van der Waals surface area contributed by atoms with Crippen LogP contribution in [-0.2, 0) is 11.0 Å². The normalized spacial score (nSPS) is 13.6. The van der Waals surface area contributed by atoms with Crippen LogP contribution in [0.3, 0.4) is 0 Å². The third kappa shape index (κ3) is 4.11. The highest BCUT2D eigenvalue weighted by Gasteiger charge is 2.27. The van der Waals surface area contributed by atoms with E-state index in [1.165, 1.54) is 6.07 Å². The smallest absolute Gasteiger partial charge is 0.169 e. The van der Waals surface area contributed by atoms with Gasteiger partial charge in [-0.1, -0.05) is 32.4 Å². The minimum Gasteiger partial charge on any atom is -0.294 e. The minimum atomic E-state index is -1.72. The van der Waals surface area contributed by atoms with E-state index in [9.17, 15) is 13.4 Å². The molecule has 0 aromatic heterocycles. The Labute approximate surface area is 126 Å². The third-order valence-electron chi connectivity index (χ3n) is 2.49. The van der Waals surface area contributed by atoms with Crippen LogP contribution in [0.1, 0.15) is 45.0 Å². The molecule has 1 rings (SSSR count). The zero-order valence-electron chi connectivity index (χ0n) is 12.2. The van der Waals surface area contributed by atoms with Gasteiger partial charge in [0.2, 0.25) is 0 Å². The lowest BCUT2D eigenvalue weighted by Gasteiger charge is -2.18. The number of rotatable bonds is 4. The van der Waals surface area contributed by atoms with Crippen LogP contribution in [0.5, 0.6) is 0 Å². The standard InChI is InChI=1S/C14H19ClFNO2S/c1-8(2)17-20(19)12-6-9(10(15)7-11(12)16)13(18)14(3,4)5/h6-8,17H,1-5H3. The molecule has 6 heteroatoms. The van der Waals surface area contributed by atoms with Gasteiger partial charge in [0.05, 0.1) is 9.92 Å². The van der Waals surface area contributed by atoms with Gasteiger partial charge in [0, 0.05) is 17.0 Å². The summed E-state index contributed by atoms with van der Waals surface area (Å²) >= 11 is 5.93. The average molecular weight is 320 g/mol. The van der Waals surface area contributed by atoms with Crippen LogP contribution in [0.15, 0.2) is 17.0 Å². The molecule has 0 radical (unpaired) electrons. The van der Waals surface area contributed by atoms with E-state index in [2.05, 4.69) is 4.72 Å². The van der Waals surface area contributed by atoms with Gasteiger partial charge in [0.1, 0.15) is 16.8 Å². The van der Waals surface area contributed by atoms with Gasteiger partial charge in [0.15, 0.2) is 5.78 Å². The predicted octanol–water partition coefficient (Wildman–Crippen LogP) is 3.73. The quantitative estimate of drug-likeness (QED) is 0.860. The molecule has 1 unspecified atom stereocenters. The summed E-state index contributed by atoms with van der Waals surface area (Å²) < 4.78 is 28.6. The number of carbonyl (C=O) groups is 1. The molecule has 3 nitrogen and oxygen atoms in total. The van der Waals surface area contributed by atoms with Crippen LogP contribution in [-0.4, -0.2) is 16.0 Å². The van der Waals surface area contributed by atoms with Crippen LogP contribution in [0.4, 0.5) is 4.39 Å². The van der Waals surface area contributed by atoms with Crippen molar-refractivity contribution in [3.8, 4) is 0 Å². The Hall–Kier alpha value is -0.780. The molecule has 112 valence electrons. The molecule has 0 spiro atoms. The highest BCUT2D eigenvalue weighted by Crippen LogP contribution is 2.29. The molecule has 0 bridgehead atoms. The summed E-state index contributed by atoms with van der Waals surface area (Å²) in [5, 5.41) is 0.0349. The van der Waals surface area contributed by atoms with Crippen molar-refractivity contribution in [1.82, 2.24) is 4.72 Å². The molecule has 0 fully saturated rings. The van der Waals surface area contributed by atoms with E-state index in [0.717, 1.165) is 6.07 Å². The van der Waals surface area contributed by atoms with Crippen molar-refractivity contribution in [1.29, 1.82) is 0 Å². The summed E-state index contributed by atoms with van der Waals surface area (Å²) in [6.45, 7) is 8.84. The Morgan fingerprint density at radius 2 is 1.90 bits per heavy atom.